The predicted octanol–water partition coefficient (Wildman–Crippen LogP) is 1.47. The van der Waals surface area contributed by atoms with Gasteiger partial charge in [-0.2, -0.15) is 0 Å². The van der Waals surface area contributed by atoms with Gasteiger partial charge in [0.25, 0.3) is 0 Å². The fourth-order valence-corrected chi connectivity index (χ4v) is 0.606. The highest BCUT2D eigenvalue weighted by Crippen LogP contribution is 1.95. The van der Waals surface area contributed by atoms with Crippen molar-refractivity contribution in [2.24, 2.45) is 0 Å². The van der Waals surface area contributed by atoms with Crippen molar-refractivity contribution < 1.29 is 4.74 Å². The van der Waals surface area contributed by atoms with Gasteiger partial charge in [0.1, 0.15) is 0 Å². The molecule has 0 rings (SSSR count). The second kappa shape index (κ2) is 6.05. The zero-order valence-corrected chi connectivity index (χ0v) is 6.31. The molecule has 9 heavy (non-hydrogen) atoms. The monoisotopic (exact) mass is 130 g/mol. The molecule has 0 fully saturated rings. The van der Waals surface area contributed by atoms with E-state index < -0.39 is 0 Å². The quantitative estimate of drug-likeness (QED) is 0.554. The molecule has 2 heteroatoms. The van der Waals surface area contributed by atoms with Gasteiger partial charge in [-0.25, -0.2) is 0 Å². The van der Waals surface area contributed by atoms with Crippen molar-refractivity contribution in [2.75, 3.05) is 13.2 Å². The molecule has 0 heterocycles. The summed E-state index contributed by atoms with van der Waals surface area (Å²) in [6, 6.07) is 0. The van der Waals surface area contributed by atoms with Crippen molar-refractivity contribution in [3.8, 4) is 0 Å². The van der Waals surface area contributed by atoms with Gasteiger partial charge in [-0.1, -0.05) is 13.8 Å². The molecule has 0 saturated carbocycles. The third-order valence-electron chi connectivity index (χ3n) is 1.24. The van der Waals surface area contributed by atoms with E-state index in [9.17, 15) is 0 Å². The molecule has 0 aliphatic rings. The zero-order valence-electron chi connectivity index (χ0n) is 6.31. The minimum absolute atomic E-state index is 0.171. The lowest BCUT2D eigenvalue weighted by molar-refractivity contribution is 0.0561. The Bertz CT molecular complexity index is 52.9. The van der Waals surface area contributed by atoms with Crippen LogP contribution >= 0.6 is 0 Å². The van der Waals surface area contributed by atoms with E-state index in [4.69, 9.17) is 10.5 Å². The summed E-state index contributed by atoms with van der Waals surface area (Å²) in [5.74, 6) is 0. The third-order valence-corrected chi connectivity index (χ3v) is 1.24. The Morgan fingerprint density at radius 1 is 1.44 bits per heavy atom. The van der Waals surface area contributed by atoms with Gasteiger partial charge in [0.2, 0.25) is 0 Å². The van der Waals surface area contributed by atoms with E-state index in [1.807, 2.05) is 0 Å². The average molecular weight is 130 g/mol. The van der Waals surface area contributed by atoms with E-state index in [0.29, 0.717) is 6.54 Å². The van der Waals surface area contributed by atoms with Crippen LogP contribution in [0.2, 0.25) is 0 Å². The largest absolute Gasteiger partial charge is 0.377 e. The highest BCUT2D eigenvalue weighted by molar-refractivity contribution is 4.53. The molecular weight excluding hydrogens is 114 g/mol. The standard InChI is InChI=1S/C7H16NO/c1-3-5-9-7(4-2)6-8/h7-8H,3-6H2,1-2H3. The van der Waals surface area contributed by atoms with Crippen molar-refractivity contribution in [3.05, 3.63) is 0 Å². The first-order valence-electron chi connectivity index (χ1n) is 3.61. The summed E-state index contributed by atoms with van der Waals surface area (Å²) in [7, 11) is 0. The summed E-state index contributed by atoms with van der Waals surface area (Å²) < 4.78 is 5.30. The van der Waals surface area contributed by atoms with Gasteiger partial charge in [-0.3, -0.25) is 5.73 Å². The van der Waals surface area contributed by atoms with E-state index in [1.165, 1.54) is 0 Å². The summed E-state index contributed by atoms with van der Waals surface area (Å²) in [5, 5.41) is 0. The lowest BCUT2D eigenvalue weighted by Crippen LogP contribution is -2.17. The van der Waals surface area contributed by atoms with Gasteiger partial charge < -0.3 is 4.74 Å². The SMILES string of the molecule is CCCOC(CC)C[NH]. The minimum Gasteiger partial charge on any atom is -0.377 e. The Balaban J connectivity index is 3.09. The summed E-state index contributed by atoms with van der Waals surface area (Å²) in [6.45, 7) is 5.33. The molecule has 1 atom stereocenters. The normalized spacial score (nSPS) is 13.7. The fraction of sp³-hybridized carbons (Fsp3) is 1.00. The Hall–Kier alpha value is -0.0800. The third kappa shape index (κ3) is 4.43. The van der Waals surface area contributed by atoms with Crippen LogP contribution in [0, 0.1) is 0 Å². The molecule has 0 saturated heterocycles. The van der Waals surface area contributed by atoms with Crippen LogP contribution < -0.4 is 5.73 Å². The van der Waals surface area contributed by atoms with Crippen molar-refractivity contribution in [1.82, 2.24) is 5.73 Å². The van der Waals surface area contributed by atoms with E-state index in [2.05, 4.69) is 13.8 Å². The van der Waals surface area contributed by atoms with E-state index in [-0.39, 0.29) is 6.10 Å². The zero-order chi connectivity index (χ0) is 7.11. The molecule has 1 N–H and O–H groups in total. The molecule has 0 aromatic heterocycles. The maximum absolute atomic E-state index is 7.01. The fourth-order valence-electron chi connectivity index (χ4n) is 0.606. The molecule has 2 nitrogen and oxygen atoms in total. The second-order valence-electron chi connectivity index (χ2n) is 2.11. The number of nitrogens with one attached hydrogen (secondary N) is 1. The van der Waals surface area contributed by atoms with Crippen molar-refractivity contribution in [3.63, 3.8) is 0 Å². The predicted molar refractivity (Wildman–Crippen MR) is 38.3 cm³/mol. The van der Waals surface area contributed by atoms with Gasteiger partial charge in [0.05, 0.1) is 6.10 Å². The van der Waals surface area contributed by atoms with Crippen molar-refractivity contribution in [2.45, 2.75) is 32.8 Å². The number of rotatable bonds is 5. The molecule has 0 aliphatic heterocycles. The highest BCUT2D eigenvalue weighted by atomic mass is 16.5. The van der Waals surface area contributed by atoms with Crippen LogP contribution in [0.15, 0.2) is 0 Å². The average Bonchev–Trinajstić information content (AvgIpc) is 1.91. The summed E-state index contributed by atoms with van der Waals surface area (Å²) in [4.78, 5) is 0. The molecule has 0 amide bonds. The molecular formula is C7H16NO. The van der Waals surface area contributed by atoms with Crippen molar-refractivity contribution in [1.29, 1.82) is 0 Å². The number of hydrogen-bond acceptors (Lipinski definition) is 1. The highest BCUT2D eigenvalue weighted by Gasteiger charge is 2.00. The first-order chi connectivity index (χ1) is 4.35. The molecule has 0 bridgehead atoms. The molecule has 55 valence electrons. The van der Waals surface area contributed by atoms with Gasteiger partial charge in [-0.15, -0.1) is 0 Å². The maximum atomic E-state index is 7.01. The van der Waals surface area contributed by atoms with Crippen molar-refractivity contribution >= 4 is 0 Å². The first kappa shape index (κ1) is 8.92. The summed E-state index contributed by atoms with van der Waals surface area (Å²) in [5.41, 5.74) is 7.01. The van der Waals surface area contributed by atoms with E-state index in [0.717, 1.165) is 19.4 Å². The topological polar surface area (TPSA) is 33.0 Å². The maximum Gasteiger partial charge on any atom is 0.0710 e. The Kier molecular flexibility index (Phi) is 5.99. The Morgan fingerprint density at radius 2 is 2.11 bits per heavy atom. The molecule has 0 aromatic rings. The molecule has 1 unspecified atom stereocenters. The molecule has 0 aliphatic carbocycles. The lowest BCUT2D eigenvalue weighted by atomic mass is 10.3. The number of ether oxygens (including phenoxy) is 1. The number of hydrogen-bond donors (Lipinski definition) is 0. The minimum atomic E-state index is 0.171. The van der Waals surface area contributed by atoms with Crippen LogP contribution in [-0.4, -0.2) is 19.3 Å². The van der Waals surface area contributed by atoms with Gasteiger partial charge >= 0.3 is 0 Å². The van der Waals surface area contributed by atoms with Crippen LogP contribution in [0.4, 0.5) is 0 Å². The summed E-state index contributed by atoms with van der Waals surface area (Å²) in [6.07, 6.45) is 2.19. The lowest BCUT2D eigenvalue weighted by Gasteiger charge is -2.11. The van der Waals surface area contributed by atoms with Crippen LogP contribution in [0.3, 0.4) is 0 Å². The van der Waals surface area contributed by atoms with Crippen LogP contribution in [-0.2, 0) is 4.74 Å². The van der Waals surface area contributed by atoms with Crippen LogP contribution in [0.25, 0.3) is 0 Å². The molecule has 0 aromatic carbocycles. The van der Waals surface area contributed by atoms with Crippen LogP contribution in [0.1, 0.15) is 26.7 Å². The molecule has 0 spiro atoms. The van der Waals surface area contributed by atoms with Crippen LogP contribution in [0.5, 0.6) is 0 Å². The molecule has 1 radical (unpaired) electrons. The first-order valence-corrected chi connectivity index (χ1v) is 3.61. The summed E-state index contributed by atoms with van der Waals surface area (Å²) >= 11 is 0. The second-order valence-corrected chi connectivity index (χ2v) is 2.11. The van der Waals surface area contributed by atoms with E-state index >= 15 is 0 Å². The Morgan fingerprint density at radius 3 is 2.44 bits per heavy atom. The van der Waals surface area contributed by atoms with Gasteiger partial charge in [0, 0.05) is 13.2 Å². The van der Waals surface area contributed by atoms with Gasteiger partial charge in [-0.05, 0) is 12.8 Å². The van der Waals surface area contributed by atoms with Gasteiger partial charge in [0.15, 0.2) is 0 Å². The smallest absolute Gasteiger partial charge is 0.0710 e. The Labute approximate surface area is 57.4 Å². The van der Waals surface area contributed by atoms with E-state index in [1.54, 1.807) is 0 Å².